The van der Waals surface area contributed by atoms with Crippen LogP contribution in [0.3, 0.4) is 0 Å². The average Bonchev–Trinajstić information content (AvgIpc) is 2.36. The molecule has 1 atom stereocenters. The minimum atomic E-state index is 0.405. The molecule has 5 heteroatoms. The van der Waals surface area contributed by atoms with Crippen LogP contribution in [0.1, 0.15) is 12.8 Å². The fraction of sp³-hybridized carbons (Fsp3) is 0.714. The van der Waals surface area contributed by atoms with Crippen LogP contribution in [0.5, 0.6) is 0 Å². The quantitative estimate of drug-likeness (QED) is 0.796. The first-order valence-electron chi connectivity index (χ1n) is 3.69. The van der Waals surface area contributed by atoms with Gasteiger partial charge in [0.25, 0.3) is 4.80 Å². The van der Waals surface area contributed by atoms with Gasteiger partial charge < -0.3 is 9.15 Å². The van der Waals surface area contributed by atoms with Crippen LogP contribution < -0.4 is 0 Å². The Labute approximate surface area is 79.4 Å². The van der Waals surface area contributed by atoms with Crippen LogP contribution in [0.25, 0.3) is 0 Å². The Kier molecular flexibility index (Phi) is 3.68. The van der Waals surface area contributed by atoms with Crippen molar-refractivity contribution in [3.63, 3.8) is 0 Å². The van der Waals surface area contributed by atoms with Gasteiger partial charge in [-0.25, -0.2) is 0 Å². The minimum absolute atomic E-state index is 0.405. The van der Waals surface area contributed by atoms with Gasteiger partial charge in [-0.3, -0.25) is 0 Å². The van der Waals surface area contributed by atoms with E-state index in [-0.39, 0.29) is 0 Å². The van der Waals surface area contributed by atoms with Crippen molar-refractivity contribution in [1.29, 1.82) is 0 Å². The van der Waals surface area contributed by atoms with E-state index in [0.717, 1.165) is 6.42 Å². The predicted molar refractivity (Wildman–Crippen MR) is 46.7 cm³/mol. The molecule has 12 heavy (non-hydrogen) atoms. The Balaban J connectivity index is 2.41. The van der Waals surface area contributed by atoms with E-state index in [1.54, 1.807) is 7.11 Å². The first-order valence-corrected chi connectivity index (χ1v) is 4.48. The molecule has 0 bridgehead atoms. The Hall–Kier alpha value is -0.420. The first-order chi connectivity index (χ1) is 5.72. The second-order valence-electron chi connectivity index (χ2n) is 2.71. The van der Waals surface area contributed by atoms with Gasteiger partial charge in [0.1, 0.15) is 0 Å². The van der Waals surface area contributed by atoms with Crippen molar-refractivity contribution in [1.82, 2.24) is 10.2 Å². The fourth-order valence-corrected chi connectivity index (χ4v) is 1.22. The van der Waals surface area contributed by atoms with Crippen molar-refractivity contribution in [2.45, 2.75) is 13.3 Å². The van der Waals surface area contributed by atoms with Crippen LogP contribution in [0.2, 0.25) is 0 Å². The topological polar surface area (TPSA) is 48.2 Å². The summed E-state index contributed by atoms with van der Waals surface area (Å²) in [6.07, 6.45) is 0.756. The smallest absolute Gasteiger partial charge is 0.284 e. The second kappa shape index (κ2) is 4.57. The molecule has 0 amide bonds. The minimum Gasteiger partial charge on any atom is -0.416 e. The molecule has 1 aromatic rings. The van der Waals surface area contributed by atoms with Crippen LogP contribution in [0.4, 0.5) is 0 Å². The number of rotatable bonds is 4. The molecule has 4 nitrogen and oxygen atoms in total. The molecule has 0 aliphatic rings. The van der Waals surface area contributed by atoms with Crippen LogP contribution in [0, 0.1) is 5.92 Å². The molecule has 1 heterocycles. The van der Waals surface area contributed by atoms with Gasteiger partial charge in [-0.1, -0.05) is 6.92 Å². The average molecular weight is 235 g/mol. The van der Waals surface area contributed by atoms with E-state index in [4.69, 9.17) is 9.15 Å². The lowest BCUT2D eigenvalue weighted by Crippen LogP contribution is -2.07. The van der Waals surface area contributed by atoms with Crippen LogP contribution in [0.15, 0.2) is 9.22 Å². The van der Waals surface area contributed by atoms with E-state index >= 15 is 0 Å². The van der Waals surface area contributed by atoms with Gasteiger partial charge in [0, 0.05) is 36.1 Å². The summed E-state index contributed by atoms with van der Waals surface area (Å²) in [6.45, 7) is 2.78. The van der Waals surface area contributed by atoms with Crippen molar-refractivity contribution in [2.24, 2.45) is 5.92 Å². The number of hydrogen-bond donors (Lipinski definition) is 0. The Morgan fingerprint density at radius 1 is 1.58 bits per heavy atom. The summed E-state index contributed by atoms with van der Waals surface area (Å²) in [6, 6.07) is 0. The van der Waals surface area contributed by atoms with E-state index in [0.29, 0.717) is 23.2 Å². The molecule has 0 aliphatic heterocycles. The molecule has 68 valence electrons. The van der Waals surface area contributed by atoms with Gasteiger partial charge in [0.2, 0.25) is 5.89 Å². The zero-order valence-electron chi connectivity index (χ0n) is 7.08. The summed E-state index contributed by atoms with van der Waals surface area (Å²) < 4.78 is 10.1. The third kappa shape index (κ3) is 2.91. The maximum atomic E-state index is 5.14. The summed E-state index contributed by atoms with van der Waals surface area (Å²) >= 11 is 3.09. The maximum absolute atomic E-state index is 5.14. The van der Waals surface area contributed by atoms with Crippen molar-refractivity contribution < 1.29 is 9.15 Å². The van der Waals surface area contributed by atoms with E-state index in [9.17, 15) is 0 Å². The third-order valence-corrected chi connectivity index (χ3v) is 1.74. The summed E-state index contributed by atoms with van der Waals surface area (Å²) in [7, 11) is 1.68. The van der Waals surface area contributed by atoms with Crippen molar-refractivity contribution in [3.05, 3.63) is 10.7 Å². The van der Waals surface area contributed by atoms with E-state index in [1.165, 1.54) is 0 Å². The number of ether oxygens (including phenoxy) is 1. The number of nitrogens with zero attached hydrogens (tertiary/aromatic N) is 2. The van der Waals surface area contributed by atoms with Crippen molar-refractivity contribution in [2.75, 3.05) is 13.7 Å². The highest BCUT2D eigenvalue weighted by atomic mass is 79.9. The molecule has 1 unspecified atom stereocenters. The highest BCUT2D eigenvalue weighted by Gasteiger charge is 2.08. The SMILES string of the molecule is COCC(C)Cc1nnc(Br)o1. The normalized spacial score (nSPS) is 13.2. The standard InChI is InChI=1S/C7H11BrN2O2/c1-5(4-11-2)3-6-9-10-7(8)12-6/h5H,3-4H2,1-2H3. The summed E-state index contributed by atoms with van der Waals surface area (Å²) in [5, 5.41) is 7.51. The molecule has 0 N–H and O–H groups in total. The van der Waals surface area contributed by atoms with Gasteiger partial charge in [0.15, 0.2) is 0 Å². The molecular weight excluding hydrogens is 224 g/mol. The van der Waals surface area contributed by atoms with Gasteiger partial charge in [0.05, 0.1) is 0 Å². The van der Waals surface area contributed by atoms with Crippen molar-refractivity contribution in [3.8, 4) is 0 Å². The maximum Gasteiger partial charge on any atom is 0.284 e. The second-order valence-corrected chi connectivity index (χ2v) is 3.39. The number of halogens is 1. The summed E-state index contributed by atoms with van der Waals surface area (Å²) in [5.74, 6) is 1.05. The molecule has 1 aromatic heterocycles. The Morgan fingerprint density at radius 2 is 2.33 bits per heavy atom. The van der Waals surface area contributed by atoms with Gasteiger partial charge in [-0.15, -0.1) is 10.2 Å². The summed E-state index contributed by atoms with van der Waals surface area (Å²) in [4.78, 5) is 0.433. The molecule has 0 spiro atoms. The predicted octanol–water partition coefficient (Wildman–Crippen LogP) is 1.66. The molecule has 0 radical (unpaired) electrons. The lowest BCUT2D eigenvalue weighted by Gasteiger charge is -2.05. The highest BCUT2D eigenvalue weighted by molar-refractivity contribution is 9.10. The Morgan fingerprint density at radius 3 is 2.83 bits per heavy atom. The van der Waals surface area contributed by atoms with Gasteiger partial charge in [-0.2, -0.15) is 0 Å². The number of aromatic nitrogens is 2. The summed E-state index contributed by atoms with van der Waals surface area (Å²) in [5.41, 5.74) is 0. The zero-order chi connectivity index (χ0) is 8.97. The van der Waals surface area contributed by atoms with E-state index in [2.05, 4.69) is 33.1 Å². The molecular formula is C7H11BrN2O2. The largest absolute Gasteiger partial charge is 0.416 e. The highest BCUT2D eigenvalue weighted by Crippen LogP contribution is 2.11. The molecule has 0 aliphatic carbocycles. The molecule has 0 aromatic carbocycles. The zero-order valence-corrected chi connectivity index (χ0v) is 8.67. The lowest BCUT2D eigenvalue weighted by molar-refractivity contribution is 0.156. The lowest BCUT2D eigenvalue weighted by atomic mass is 10.1. The fourth-order valence-electron chi connectivity index (χ4n) is 0.957. The van der Waals surface area contributed by atoms with Crippen LogP contribution >= 0.6 is 15.9 Å². The third-order valence-electron chi connectivity index (χ3n) is 1.42. The number of hydrogen-bond acceptors (Lipinski definition) is 4. The van der Waals surface area contributed by atoms with Crippen LogP contribution in [-0.4, -0.2) is 23.9 Å². The van der Waals surface area contributed by atoms with Crippen molar-refractivity contribution >= 4 is 15.9 Å². The molecule has 0 fully saturated rings. The molecule has 1 rings (SSSR count). The van der Waals surface area contributed by atoms with Gasteiger partial charge in [-0.05, 0) is 5.92 Å². The van der Waals surface area contributed by atoms with E-state index in [1.807, 2.05) is 0 Å². The van der Waals surface area contributed by atoms with Gasteiger partial charge >= 0.3 is 0 Å². The molecule has 0 saturated heterocycles. The first kappa shape index (κ1) is 9.67. The number of methoxy groups -OCH3 is 1. The molecule has 0 saturated carbocycles. The Bertz CT molecular complexity index is 239. The van der Waals surface area contributed by atoms with E-state index < -0.39 is 0 Å². The van der Waals surface area contributed by atoms with Crippen LogP contribution in [-0.2, 0) is 11.2 Å². The monoisotopic (exact) mass is 234 g/mol.